The maximum absolute atomic E-state index is 6.34. The Balaban J connectivity index is 1.91. The second-order valence-electron chi connectivity index (χ2n) is 8.64. The third-order valence-corrected chi connectivity index (χ3v) is 5.84. The second-order valence-corrected chi connectivity index (χ2v) is 8.64. The van der Waals surface area contributed by atoms with Crippen LogP contribution in [-0.2, 0) is 26.1 Å². The van der Waals surface area contributed by atoms with Crippen molar-refractivity contribution in [1.82, 2.24) is 4.98 Å². The van der Waals surface area contributed by atoms with Gasteiger partial charge in [0.1, 0.15) is 0 Å². The van der Waals surface area contributed by atoms with Gasteiger partial charge in [0, 0.05) is 30.9 Å². The van der Waals surface area contributed by atoms with E-state index in [9.17, 15) is 0 Å². The van der Waals surface area contributed by atoms with Crippen molar-refractivity contribution in [2.45, 2.75) is 53.8 Å². The first-order valence-electron chi connectivity index (χ1n) is 10.6. The number of aromatic nitrogens is 1. The van der Waals surface area contributed by atoms with Crippen LogP contribution in [0.5, 0.6) is 0 Å². The Labute approximate surface area is 174 Å². The maximum Gasteiger partial charge on any atom is 0.0671 e. The fraction of sp³-hybridized carbons (Fsp3) is 0.346. The van der Waals surface area contributed by atoms with Gasteiger partial charge < -0.3 is 10.6 Å². The van der Waals surface area contributed by atoms with Gasteiger partial charge in [0.15, 0.2) is 0 Å². The number of hydrogen-bond donors (Lipinski definition) is 1. The van der Waals surface area contributed by atoms with Crippen LogP contribution in [0.15, 0.2) is 48.5 Å². The summed E-state index contributed by atoms with van der Waals surface area (Å²) in [4.78, 5) is 7.55. The van der Waals surface area contributed by atoms with E-state index < -0.39 is 0 Å². The van der Waals surface area contributed by atoms with Gasteiger partial charge in [-0.2, -0.15) is 0 Å². The molecule has 150 valence electrons. The van der Waals surface area contributed by atoms with E-state index in [1.165, 1.54) is 39.1 Å². The van der Waals surface area contributed by atoms with E-state index in [1.807, 2.05) is 0 Å². The summed E-state index contributed by atoms with van der Waals surface area (Å²) in [5, 5.41) is 0. The molecule has 0 atom stereocenters. The van der Waals surface area contributed by atoms with E-state index in [4.69, 9.17) is 10.7 Å². The van der Waals surface area contributed by atoms with Gasteiger partial charge in [-0.15, -0.1) is 0 Å². The van der Waals surface area contributed by atoms with Crippen LogP contribution in [0.4, 0.5) is 5.69 Å². The second kappa shape index (κ2) is 8.00. The molecule has 3 heteroatoms. The Kier molecular flexibility index (Phi) is 5.42. The lowest BCUT2D eigenvalue weighted by Crippen LogP contribution is -2.21. The van der Waals surface area contributed by atoms with Crippen molar-refractivity contribution >= 4 is 5.69 Å². The molecule has 0 saturated carbocycles. The Hall–Kier alpha value is -2.65. The van der Waals surface area contributed by atoms with E-state index in [-0.39, 0.29) is 0 Å². The molecule has 0 spiro atoms. The van der Waals surface area contributed by atoms with Crippen molar-refractivity contribution in [2.75, 3.05) is 4.90 Å². The number of nitrogens with two attached hydrogens (primary N) is 1. The topological polar surface area (TPSA) is 42.1 Å². The van der Waals surface area contributed by atoms with Crippen LogP contribution in [0.1, 0.15) is 47.5 Å². The van der Waals surface area contributed by atoms with E-state index in [0.717, 1.165) is 30.9 Å². The van der Waals surface area contributed by atoms with Gasteiger partial charge in [0.05, 0.1) is 11.4 Å². The third-order valence-electron chi connectivity index (χ3n) is 5.84. The highest BCUT2D eigenvalue weighted by Crippen LogP contribution is 2.41. The third kappa shape index (κ3) is 3.79. The fourth-order valence-corrected chi connectivity index (χ4v) is 4.48. The molecule has 29 heavy (non-hydrogen) atoms. The average molecular weight is 386 g/mol. The number of nitrogens with zero attached hydrogens (tertiary/aromatic N) is 2. The van der Waals surface area contributed by atoms with Gasteiger partial charge in [-0.1, -0.05) is 67.9 Å². The zero-order valence-electron chi connectivity index (χ0n) is 18.0. The SMILES string of the molecule is Cc1ccc(-c2c(CN)c(CC(C)C)nc(C)c2N2Cc3ccccc3C2)cc1. The molecule has 2 N–H and O–H groups in total. The Morgan fingerprint density at radius 1 is 0.966 bits per heavy atom. The molecule has 1 aromatic heterocycles. The van der Waals surface area contributed by atoms with Crippen LogP contribution in [0.3, 0.4) is 0 Å². The first-order valence-corrected chi connectivity index (χ1v) is 10.6. The van der Waals surface area contributed by atoms with Crippen LogP contribution in [0.25, 0.3) is 11.1 Å². The van der Waals surface area contributed by atoms with Crippen molar-refractivity contribution in [3.8, 4) is 11.1 Å². The molecule has 0 amide bonds. The lowest BCUT2D eigenvalue weighted by Gasteiger charge is -2.27. The van der Waals surface area contributed by atoms with Crippen LogP contribution in [0.2, 0.25) is 0 Å². The molecule has 0 fully saturated rings. The number of benzene rings is 2. The zero-order chi connectivity index (χ0) is 20.5. The van der Waals surface area contributed by atoms with Gasteiger partial charge in [0.25, 0.3) is 0 Å². The van der Waals surface area contributed by atoms with Crippen LogP contribution < -0.4 is 10.6 Å². The van der Waals surface area contributed by atoms with Crippen molar-refractivity contribution in [2.24, 2.45) is 11.7 Å². The highest BCUT2D eigenvalue weighted by molar-refractivity contribution is 5.84. The van der Waals surface area contributed by atoms with Crippen LogP contribution in [-0.4, -0.2) is 4.98 Å². The molecule has 0 unspecified atom stereocenters. The molecule has 2 heterocycles. The zero-order valence-corrected chi connectivity index (χ0v) is 18.0. The number of aryl methyl sites for hydroxylation is 2. The Bertz CT molecular complexity index is 994. The largest absolute Gasteiger partial charge is 0.361 e. The molecule has 1 aliphatic heterocycles. The summed E-state index contributed by atoms with van der Waals surface area (Å²) in [6, 6.07) is 17.6. The average Bonchev–Trinajstić information content (AvgIpc) is 3.11. The number of fused-ring (bicyclic) bond motifs is 1. The molecular weight excluding hydrogens is 354 g/mol. The summed E-state index contributed by atoms with van der Waals surface area (Å²) in [7, 11) is 0. The molecule has 0 saturated heterocycles. The summed E-state index contributed by atoms with van der Waals surface area (Å²) in [6.45, 7) is 11.1. The smallest absolute Gasteiger partial charge is 0.0671 e. The standard InChI is InChI=1S/C26H31N3/c1-17(2)13-24-23(14-27)25(20-11-9-18(3)10-12-20)26(19(4)28-24)29-15-21-7-5-6-8-22(21)16-29/h5-12,17H,13-16,27H2,1-4H3. The predicted molar refractivity (Wildman–Crippen MR) is 122 cm³/mol. The Morgan fingerprint density at radius 2 is 1.59 bits per heavy atom. The highest BCUT2D eigenvalue weighted by Gasteiger charge is 2.26. The van der Waals surface area contributed by atoms with E-state index in [0.29, 0.717) is 12.5 Å². The van der Waals surface area contributed by atoms with Crippen molar-refractivity contribution in [3.63, 3.8) is 0 Å². The first-order chi connectivity index (χ1) is 14.0. The van der Waals surface area contributed by atoms with Gasteiger partial charge in [0.2, 0.25) is 0 Å². The number of rotatable bonds is 5. The number of hydrogen-bond acceptors (Lipinski definition) is 3. The van der Waals surface area contributed by atoms with E-state index >= 15 is 0 Å². The molecule has 0 bridgehead atoms. The van der Waals surface area contributed by atoms with E-state index in [2.05, 4.69) is 81.1 Å². The first kappa shape index (κ1) is 19.7. The van der Waals surface area contributed by atoms with Gasteiger partial charge in [-0.3, -0.25) is 4.98 Å². The lowest BCUT2D eigenvalue weighted by molar-refractivity contribution is 0.628. The number of anilines is 1. The molecule has 2 aromatic carbocycles. The summed E-state index contributed by atoms with van der Waals surface area (Å²) >= 11 is 0. The number of pyridine rings is 1. The van der Waals surface area contributed by atoms with Crippen molar-refractivity contribution in [3.05, 3.63) is 82.2 Å². The summed E-state index contributed by atoms with van der Waals surface area (Å²) < 4.78 is 0. The van der Waals surface area contributed by atoms with Crippen molar-refractivity contribution < 1.29 is 0 Å². The molecule has 1 aliphatic rings. The summed E-state index contributed by atoms with van der Waals surface area (Å²) in [5.41, 5.74) is 17.6. The lowest BCUT2D eigenvalue weighted by atomic mass is 9.92. The van der Waals surface area contributed by atoms with Crippen LogP contribution in [0, 0.1) is 19.8 Å². The van der Waals surface area contributed by atoms with Crippen LogP contribution >= 0.6 is 0 Å². The van der Waals surface area contributed by atoms with Gasteiger partial charge >= 0.3 is 0 Å². The fourth-order valence-electron chi connectivity index (χ4n) is 4.48. The monoisotopic (exact) mass is 385 g/mol. The molecular formula is C26H31N3. The van der Waals surface area contributed by atoms with Crippen molar-refractivity contribution in [1.29, 1.82) is 0 Å². The minimum absolute atomic E-state index is 0.506. The minimum Gasteiger partial charge on any atom is -0.361 e. The van der Waals surface area contributed by atoms with Gasteiger partial charge in [-0.25, -0.2) is 0 Å². The van der Waals surface area contributed by atoms with E-state index in [1.54, 1.807) is 0 Å². The summed E-state index contributed by atoms with van der Waals surface area (Å²) in [6.07, 6.45) is 0.951. The molecule has 3 aromatic rings. The molecule has 3 nitrogen and oxygen atoms in total. The normalized spacial score (nSPS) is 13.2. The van der Waals surface area contributed by atoms with Gasteiger partial charge in [-0.05, 0) is 48.4 Å². The maximum atomic E-state index is 6.34. The predicted octanol–water partition coefficient (Wildman–Crippen LogP) is 5.54. The minimum atomic E-state index is 0.506. The molecule has 0 radical (unpaired) electrons. The summed E-state index contributed by atoms with van der Waals surface area (Å²) in [5.74, 6) is 0.542. The Morgan fingerprint density at radius 3 is 2.14 bits per heavy atom. The highest BCUT2D eigenvalue weighted by atomic mass is 15.2. The molecule has 4 rings (SSSR count). The molecule has 0 aliphatic carbocycles. The quantitative estimate of drug-likeness (QED) is 0.627.